The summed E-state index contributed by atoms with van der Waals surface area (Å²) in [5.74, 6) is -0.0866. The number of likely N-dealkylation sites (tertiary alicyclic amines) is 1. The lowest BCUT2D eigenvalue weighted by atomic mass is 9.98. The third kappa shape index (κ3) is 5.39. The molecule has 2 heterocycles. The van der Waals surface area contributed by atoms with E-state index in [0.717, 1.165) is 24.1 Å². The summed E-state index contributed by atoms with van der Waals surface area (Å²) in [7, 11) is 0. The van der Waals surface area contributed by atoms with Crippen molar-refractivity contribution in [3.63, 3.8) is 0 Å². The number of hydrogen-bond acceptors (Lipinski definition) is 3. The first-order valence-electron chi connectivity index (χ1n) is 12.1. The zero-order chi connectivity index (χ0) is 22.3. The Labute approximate surface area is 191 Å². The van der Waals surface area contributed by atoms with Gasteiger partial charge in [-0.3, -0.25) is 9.59 Å². The highest BCUT2D eigenvalue weighted by Crippen LogP contribution is 2.25. The summed E-state index contributed by atoms with van der Waals surface area (Å²) in [6.07, 6.45) is 7.41. The molecule has 5 nitrogen and oxygen atoms in total. The Morgan fingerprint density at radius 3 is 2.78 bits per heavy atom. The van der Waals surface area contributed by atoms with Crippen molar-refractivity contribution < 1.29 is 9.59 Å². The van der Waals surface area contributed by atoms with E-state index in [-0.39, 0.29) is 11.8 Å². The highest BCUT2D eigenvalue weighted by Gasteiger charge is 2.28. The number of carbonyl (C=O) groups excluding carboxylic acids is 2. The number of amides is 2. The molecule has 1 saturated heterocycles. The van der Waals surface area contributed by atoms with Gasteiger partial charge in [-0.1, -0.05) is 56.2 Å². The molecule has 32 heavy (non-hydrogen) atoms. The molecule has 5 heteroatoms. The van der Waals surface area contributed by atoms with Crippen LogP contribution >= 0.6 is 0 Å². The van der Waals surface area contributed by atoms with Gasteiger partial charge in [0.05, 0.1) is 0 Å². The second-order valence-electron chi connectivity index (χ2n) is 9.10. The molecule has 0 saturated carbocycles. The second kappa shape index (κ2) is 10.8. The predicted molar refractivity (Wildman–Crippen MR) is 128 cm³/mol. The van der Waals surface area contributed by atoms with Gasteiger partial charge in [0.2, 0.25) is 0 Å². The van der Waals surface area contributed by atoms with Gasteiger partial charge in [0.15, 0.2) is 0 Å². The molecule has 0 radical (unpaired) electrons. The number of piperidine rings is 1. The Morgan fingerprint density at radius 1 is 1.12 bits per heavy atom. The minimum atomic E-state index is -0.0918. The maximum atomic E-state index is 12.9. The zero-order valence-corrected chi connectivity index (χ0v) is 19.2. The summed E-state index contributed by atoms with van der Waals surface area (Å²) in [6, 6.07) is 16.3. The van der Waals surface area contributed by atoms with Gasteiger partial charge in [0, 0.05) is 43.3 Å². The minimum Gasteiger partial charge on any atom is -0.352 e. The van der Waals surface area contributed by atoms with Crippen molar-refractivity contribution in [2.75, 3.05) is 19.6 Å². The van der Waals surface area contributed by atoms with Gasteiger partial charge < -0.3 is 15.1 Å². The van der Waals surface area contributed by atoms with Gasteiger partial charge in [-0.15, -0.1) is 0 Å². The Morgan fingerprint density at radius 2 is 1.97 bits per heavy atom. The fourth-order valence-electron chi connectivity index (χ4n) is 5.03. The summed E-state index contributed by atoms with van der Waals surface area (Å²) in [4.78, 5) is 30.0. The van der Waals surface area contributed by atoms with E-state index in [1.54, 1.807) is 6.07 Å². The summed E-state index contributed by atoms with van der Waals surface area (Å²) < 4.78 is 0. The summed E-state index contributed by atoms with van der Waals surface area (Å²) in [5, 5.41) is 3.05. The number of rotatable bonds is 9. The fraction of sp³-hybridized carbons (Fsp3) is 0.481. The molecule has 0 aliphatic carbocycles. The summed E-state index contributed by atoms with van der Waals surface area (Å²) in [5.41, 5.74) is 3.33. The van der Waals surface area contributed by atoms with Gasteiger partial charge in [-0.2, -0.15) is 0 Å². The Bertz CT molecular complexity index is 926. The van der Waals surface area contributed by atoms with Crippen LogP contribution in [0.1, 0.15) is 77.3 Å². The van der Waals surface area contributed by atoms with E-state index in [1.807, 2.05) is 47.4 Å². The van der Waals surface area contributed by atoms with Gasteiger partial charge >= 0.3 is 0 Å². The third-order valence-electron chi connectivity index (χ3n) is 6.75. The van der Waals surface area contributed by atoms with Crippen molar-refractivity contribution in [2.24, 2.45) is 0 Å². The molecule has 0 spiro atoms. The lowest BCUT2D eigenvalue weighted by Gasteiger charge is -2.35. The smallest absolute Gasteiger partial charge is 0.254 e. The van der Waals surface area contributed by atoms with Gasteiger partial charge in [0.1, 0.15) is 0 Å². The molecule has 2 aromatic rings. The molecule has 170 valence electrons. The van der Waals surface area contributed by atoms with E-state index in [1.165, 1.54) is 38.6 Å². The van der Waals surface area contributed by atoms with E-state index in [4.69, 9.17) is 0 Å². The molecule has 1 N–H and O–H groups in total. The third-order valence-corrected chi connectivity index (χ3v) is 6.75. The number of nitrogens with one attached hydrogen (secondary N) is 1. The highest BCUT2D eigenvalue weighted by molar-refractivity contribution is 6.02. The van der Waals surface area contributed by atoms with Crippen LogP contribution in [0.2, 0.25) is 0 Å². The highest BCUT2D eigenvalue weighted by atomic mass is 16.2. The van der Waals surface area contributed by atoms with Crippen molar-refractivity contribution in [2.45, 2.75) is 64.6 Å². The van der Waals surface area contributed by atoms with Crippen molar-refractivity contribution in [3.05, 3.63) is 70.8 Å². The van der Waals surface area contributed by atoms with Crippen LogP contribution in [0.3, 0.4) is 0 Å². The topological polar surface area (TPSA) is 52.7 Å². The first-order chi connectivity index (χ1) is 15.7. The molecular formula is C27H35N3O2. The first-order valence-corrected chi connectivity index (χ1v) is 12.1. The van der Waals surface area contributed by atoms with E-state index < -0.39 is 0 Å². The van der Waals surface area contributed by atoms with Gasteiger partial charge in [-0.05, 0) is 55.5 Å². The molecule has 1 unspecified atom stereocenters. The van der Waals surface area contributed by atoms with Crippen molar-refractivity contribution >= 4 is 11.8 Å². The molecule has 2 amide bonds. The maximum Gasteiger partial charge on any atom is 0.254 e. The van der Waals surface area contributed by atoms with Crippen molar-refractivity contribution in [1.29, 1.82) is 0 Å². The zero-order valence-electron chi connectivity index (χ0n) is 19.2. The monoisotopic (exact) mass is 433 g/mol. The molecule has 4 rings (SSSR count). The van der Waals surface area contributed by atoms with E-state index in [9.17, 15) is 9.59 Å². The lowest BCUT2D eigenvalue weighted by Crippen LogP contribution is -2.41. The fourth-order valence-corrected chi connectivity index (χ4v) is 5.03. The van der Waals surface area contributed by atoms with Gasteiger partial charge in [0.25, 0.3) is 11.8 Å². The molecule has 2 aliphatic heterocycles. The average molecular weight is 434 g/mol. The van der Waals surface area contributed by atoms with E-state index in [2.05, 4.69) is 17.1 Å². The van der Waals surface area contributed by atoms with Crippen LogP contribution in [0.5, 0.6) is 0 Å². The molecular weight excluding hydrogens is 398 g/mol. The SMILES string of the molecule is CCCC1CCCCN1CCCNC(=O)c1ccc2c(c1)C(=O)N(Cc1ccccc1)C2. The Balaban J connectivity index is 1.28. The number of nitrogens with zero attached hydrogens (tertiary/aromatic N) is 2. The van der Waals surface area contributed by atoms with Crippen LogP contribution < -0.4 is 5.32 Å². The lowest BCUT2D eigenvalue weighted by molar-refractivity contribution is 0.0766. The van der Waals surface area contributed by atoms with E-state index in [0.29, 0.717) is 36.8 Å². The van der Waals surface area contributed by atoms with Crippen molar-refractivity contribution in [1.82, 2.24) is 15.1 Å². The molecule has 0 aromatic heterocycles. The number of hydrogen-bond donors (Lipinski definition) is 1. The van der Waals surface area contributed by atoms with Crippen LogP contribution in [0.4, 0.5) is 0 Å². The van der Waals surface area contributed by atoms with Crippen LogP contribution in [0.15, 0.2) is 48.5 Å². The van der Waals surface area contributed by atoms with Gasteiger partial charge in [-0.25, -0.2) is 0 Å². The number of fused-ring (bicyclic) bond motifs is 1. The first kappa shape index (κ1) is 22.5. The molecule has 0 bridgehead atoms. The quantitative estimate of drug-likeness (QED) is 0.587. The average Bonchev–Trinajstić information content (AvgIpc) is 3.13. The van der Waals surface area contributed by atoms with E-state index >= 15 is 0 Å². The standard InChI is InChI=1S/C27H35N3O2/c1-2-9-24-12-6-7-16-29(24)17-8-15-28-26(31)22-13-14-23-20-30(27(32)25(23)18-22)19-21-10-4-3-5-11-21/h3-5,10-11,13-14,18,24H,2,6-9,12,15-17,19-20H2,1H3,(H,28,31). The second-order valence-corrected chi connectivity index (χ2v) is 9.10. The molecule has 2 aliphatic rings. The normalized spacial score (nSPS) is 18.6. The van der Waals surface area contributed by atoms with Crippen LogP contribution in [-0.4, -0.2) is 47.3 Å². The summed E-state index contributed by atoms with van der Waals surface area (Å²) >= 11 is 0. The Hall–Kier alpha value is -2.66. The summed E-state index contributed by atoms with van der Waals surface area (Å²) in [6.45, 7) is 6.34. The van der Waals surface area contributed by atoms with Crippen LogP contribution in [-0.2, 0) is 13.1 Å². The van der Waals surface area contributed by atoms with Crippen LogP contribution in [0, 0.1) is 0 Å². The minimum absolute atomic E-state index is 0.00516. The Kier molecular flexibility index (Phi) is 7.59. The largest absolute Gasteiger partial charge is 0.352 e. The molecule has 1 fully saturated rings. The predicted octanol–water partition coefficient (Wildman–Crippen LogP) is 4.62. The maximum absolute atomic E-state index is 12.9. The number of carbonyl (C=O) groups is 2. The molecule has 2 aromatic carbocycles. The van der Waals surface area contributed by atoms with Crippen molar-refractivity contribution in [3.8, 4) is 0 Å². The number of benzene rings is 2. The molecule has 1 atom stereocenters. The van der Waals surface area contributed by atoms with Crippen LogP contribution in [0.25, 0.3) is 0 Å².